The smallest absolute Gasteiger partial charge is 0.199 e. The highest BCUT2D eigenvalue weighted by atomic mass is 16.3. The van der Waals surface area contributed by atoms with Crippen LogP contribution in [-0.2, 0) is 0 Å². The Morgan fingerprint density at radius 1 is 1.54 bits per heavy atom. The molecule has 0 aliphatic carbocycles. The van der Waals surface area contributed by atoms with Crippen molar-refractivity contribution in [1.29, 1.82) is 0 Å². The molecule has 1 aromatic heterocycles. The summed E-state index contributed by atoms with van der Waals surface area (Å²) in [6.45, 7) is 0.867. The van der Waals surface area contributed by atoms with Crippen LogP contribution in [0.4, 0.5) is 5.82 Å². The minimum absolute atomic E-state index is 0.392. The van der Waals surface area contributed by atoms with E-state index in [1.54, 1.807) is 12.3 Å². The number of aliphatic hydroxyl groups excluding tert-OH is 1. The quantitative estimate of drug-likeness (QED) is 0.683. The van der Waals surface area contributed by atoms with E-state index in [2.05, 4.69) is 16.3 Å². The summed E-state index contributed by atoms with van der Waals surface area (Å²) in [7, 11) is 0. The van der Waals surface area contributed by atoms with Gasteiger partial charge in [0.05, 0.1) is 0 Å². The summed E-state index contributed by atoms with van der Waals surface area (Å²) >= 11 is 0. The Labute approximate surface area is 77.2 Å². The topological polar surface area (TPSA) is 49.2 Å². The van der Waals surface area contributed by atoms with Crippen LogP contribution in [0.5, 0.6) is 0 Å². The van der Waals surface area contributed by atoms with Crippen LogP contribution in [0.3, 0.4) is 0 Å². The Kier molecular flexibility index (Phi) is 2.40. The molecular weight excluding hydrogens is 166 g/mol. The highest BCUT2D eigenvalue weighted by Gasteiger charge is 2.20. The van der Waals surface area contributed by atoms with Gasteiger partial charge in [-0.2, -0.15) is 0 Å². The molecule has 1 aromatic rings. The van der Waals surface area contributed by atoms with E-state index in [1.807, 2.05) is 4.90 Å². The van der Waals surface area contributed by atoms with Gasteiger partial charge in [-0.15, -0.1) is 0 Å². The molecule has 0 bridgehead atoms. The third-order valence-electron chi connectivity index (χ3n) is 2.29. The first-order chi connectivity index (χ1) is 6.38. The number of hydrogen-bond acceptors (Lipinski definition) is 4. The van der Waals surface area contributed by atoms with Crippen molar-refractivity contribution in [2.45, 2.75) is 25.5 Å². The second-order valence-electron chi connectivity index (χ2n) is 3.18. The van der Waals surface area contributed by atoms with Crippen LogP contribution in [-0.4, -0.2) is 27.8 Å². The molecule has 69 valence electrons. The fourth-order valence-corrected chi connectivity index (χ4v) is 1.60. The number of anilines is 1. The number of hydrogen-bond donors (Lipinski definition) is 1. The average Bonchev–Trinajstić information content (AvgIpc) is 2.20. The predicted octanol–water partition coefficient (Wildman–Crippen LogP) is 0.585. The van der Waals surface area contributed by atoms with Crippen molar-refractivity contribution >= 4 is 5.82 Å². The Morgan fingerprint density at radius 2 is 2.46 bits per heavy atom. The molecule has 2 rings (SSSR count). The number of rotatable bonds is 1. The fraction of sp³-hybridized carbons (Fsp3) is 0.556. The van der Waals surface area contributed by atoms with Crippen LogP contribution in [0, 0.1) is 6.33 Å². The summed E-state index contributed by atoms with van der Waals surface area (Å²) in [5.41, 5.74) is 0. The van der Waals surface area contributed by atoms with Gasteiger partial charge < -0.3 is 10.0 Å². The van der Waals surface area contributed by atoms with Crippen molar-refractivity contribution < 1.29 is 5.11 Å². The van der Waals surface area contributed by atoms with E-state index in [1.165, 1.54) is 0 Å². The Balaban J connectivity index is 2.15. The maximum atomic E-state index is 9.67. The standard InChI is InChI=1S/C9H12N3O/c13-9-3-1-2-6-12(9)8-4-5-10-7-11-8/h4-5,9,13H,1-3,6H2. The monoisotopic (exact) mass is 178 g/mol. The van der Waals surface area contributed by atoms with E-state index in [9.17, 15) is 5.11 Å². The van der Waals surface area contributed by atoms with Crippen LogP contribution < -0.4 is 4.90 Å². The third kappa shape index (κ3) is 1.78. The molecule has 1 atom stereocenters. The second-order valence-corrected chi connectivity index (χ2v) is 3.18. The van der Waals surface area contributed by atoms with Gasteiger partial charge in [0.25, 0.3) is 0 Å². The van der Waals surface area contributed by atoms with Crippen LogP contribution >= 0.6 is 0 Å². The Hall–Kier alpha value is -1.16. The molecular formula is C9H12N3O. The minimum Gasteiger partial charge on any atom is -0.374 e. The van der Waals surface area contributed by atoms with E-state index in [4.69, 9.17) is 0 Å². The molecule has 1 radical (unpaired) electrons. The highest BCUT2D eigenvalue weighted by molar-refractivity contribution is 5.37. The van der Waals surface area contributed by atoms with E-state index in [0.717, 1.165) is 31.6 Å². The van der Waals surface area contributed by atoms with Gasteiger partial charge in [0, 0.05) is 12.7 Å². The highest BCUT2D eigenvalue weighted by Crippen LogP contribution is 2.20. The summed E-state index contributed by atoms with van der Waals surface area (Å²) < 4.78 is 0. The lowest BCUT2D eigenvalue weighted by molar-refractivity contribution is 0.139. The van der Waals surface area contributed by atoms with Crippen molar-refractivity contribution in [3.05, 3.63) is 18.6 Å². The van der Waals surface area contributed by atoms with Crippen molar-refractivity contribution in [3.63, 3.8) is 0 Å². The fourth-order valence-electron chi connectivity index (χ4n) is 1.60. The van der Waals surface area contributed by atoms with Gasteiger partial charge in [-0.3, -0.25) is 0 Å². The minimum atomic E-state index is -0.392. The van der Waals surface area contributed by atoms with Crippen LogP contribution in [0.15, 0.2) is 12.3 Å². The third-order valence-corrected chi connectivity index (χ3v) is 2.29. The molecule has 13 heavy (non-hydrogen) atoms. The van der Waals surface area contributed by atoms with Crippen molar-refractivity contribution in [1.82, 2.24) is 9.97 Å². The first-order valence-electron chi connectivity index (χ1n) is 4.52. The summed E-state index contributed by atoms with van der Waals surface area (Å²) in [6, 6.07) is 1.80. The molecule has 4 nitrogen and oxygen atoms in total. The maximum absolute atomic E-state index is 9.67. The molecule has 1 aliphatic rings. The SMILES string of the molecule is OC1CCCCN1c1ccn[c]n1. The Bertz CT molecular complexity index is 265. The van der Waals surface area contributed by atoms with E-state index in [-0.39, 0.29) is 0 Å². The molecule has 4 heteroatoms. The lowest BCUT2D eigenvalue weighted by Gasteiger charge is -2.32. The van der Waals surface area contributed by atoms with Gasteiger partial charge in [0.2, 0.25) is 0 Å². The van der Waals surface area contributed by atoms with Gasteiger partial charge in [0.1, 0.15) is 12.0 Å². The van der Waals surface area contributed by atoms with Crippen LogP contribution in [0.2, 0.25) is 0 Å². The molecule has 0 amide bonds. The number of piperidine rings is 1. The number of aliphatic hydroxyl groups is 1. The summed E-state index contributed by atoms with van der Waals surface area (Å²) in [4.78, 5) is 9.59. The van der Waals surface area contributed by atoms with E-state index in [0.29, 0.717) is 0 Å². The van der Waals surface area contributed by atoms with Crippen molar-refractivity contribution in [2.75, 3.05) is 11.4 Å². The normalized spacial score (nSPS) is 23.2. The Morgan fingerprint density at radius 3 is 3.15 bits per heavy atom. The van der Waals surface area contributed by atoms with Crippen molar-refractivity contribution in [2.24, 2.45) is 0 Å². The van der Waals surface area contributed by atoms with Crippen LogP contribution in [0.25, 0.3) is 0 Å². The lowest BCUT2D eigenvalue weighted by Crippen LogP contribution is -2.39. The molecule has 1 fully saturated rings. The van der Waals surface area contributed by atoms with Crippen LogP contribution in [0.1, 0.15) is 19.3 Å². The zero-order valence-electron chi connectivity index (χ0n) is 7.35. The summed E-state index contributed by atoms with van der Waals surface area (Å²) in [5.74, 6) is 0.766. The number of aromatic nitrogens is 2. The van der Waals surface area contributed by atoms with Gasteiger partial charge in [-0.25, -0.2) is 9.97 Å². The molecule has 1 unspecified atom stereocenters. The maximum Gasteiger partial charge on any atom is 0.199 e. The molecule has 1 N–H and O–H groups in total. The average molecular weight is 178 g/mol. The zero-order valence-corrected chi connectivity index (χ0v) is 7.35. The number of nitrogens with zero attached hydrogens (tertiary/aromatic N) is 3. The summed E-state index contributed by atoms with van der Waals surface area (Å²) in [6.07, 6.45) is 6.80. The van der Waals surface area contributed by atoms with Crippen molar-refractivity contribution in [3.8, 4) is 0 Å². The molecule has 1 saturated heterocycles. The summed E-state index contributed by atoms with van der Waals surface area (Å²) in [5, 5.41) is 9.67. The molecule has 2 heterocycles. The predicted molar refractivity (Wildman–Crippen MR) is 48.1 cm³/mol. The van der Waals surface area contributed by atoms with Gasteiger partial charge in [-0.1, -0.05) is 0 Å². The van der Waals surface area contributed by atoms with Gasteiger partial charge in [0.15, 0.2) is 6.33 Å². The van der Waals surface area contributed by atoms with Gasteiger partial charge >= 0.3 is 0 Å². The molecule has 0 saturated carbocycles. The molecule has 0 aromatic carbocycles. The van der Waals surface area contributed by atoms with E-state index < -0.39 is 6.23 Å². The zero-order chi connectivity index (χ0) is 9.10. The first kappa shape index (κ1) is 8.44. The van der Waals surface area contributed by atoms with Gasteiger partial charge in [-0.05, 0) is 25.3 Å². The van der Waals surface area contributed by atoms with E-state index >= 15 is 0 Å². The second kappa shape index (κ2) is 3.70. The molecule has 0 spiro atoms. The molecule has 1 aliphatic heterocycles. The largest absolute Gasteiger partial charge is 0.374 e. The first-order valence-corrected chi connectivity index (χ1v) is 4.52. The lowest BCUT2D eigenvalue weighted by atomic mass is 10.1.